The van der Waals surface area contributed by atoms with E-state index < -0.39 is 0 Å². The molecule has 0 atom stereocenters. The van der Waals surface area contributed by atoms with Gasteiger partial charge in [0.25, 0.3) is 0 Å². The fraction of sp³-hybridized carbons (Fsp3) is 0.125. The number of fused-ring (bicyclic) bond motifs is 1. The molecule has 0 saturated heterocycles. The van der Waals surface area contributed by atoms with Crippen molar-refractivity contribution in [3.05, 3.63) is 71.5 Å². The van der Waals surface area contributed by atoms with E-state index >= 15 is 0 Å². The fourth-order valence-corrected chi connectivity index (χ4v) is 2.23. The molecule has 0 spiro atoms. The van der Waals surface area contributed by atoms with Gasteiger partial charge in [-0.25, -0.2) is 0 Å². The van der Waals surface area contributed by atoms with E-state index in [1.54, 1.807) is 6.26 Å². The highest BCUT2D eigenvalue weighted by molar-refractivity contribution is 5.81. The van der Waals surface area contributed by atoms with Crippen LogP contribution in [0.3, 0.4) is 0 Å². The van der Waals surface area contributed by atoms with Crippen molar-refractivity contribution >= 4 is 11.0 Å². The Hall–Kier alpha value is -2.06. The molecule has 3 aromatic rings. The normalized spacial score (nSPS) is 10.9. The first-order chi connectivity index (χ1) is 8.86. The van der Waals surface area contributed by atoms with Gasteiger partial charge in [0, 0.05) is 17.5 Å². The molecule has 2 nitrogen and oxygen atoms in total. The summed E-state index contributed by atoms with van der Waals surface area (Å²) >= 11 is 0. The average Bonchev–Trinajstić information content (AvgIpc) is 2.82. The zero-order valence-corrected chi connectivity index (χ0v) is 10.1. The molecule has 0 fully saturated rings. The molecule has 0 saturated carbocycles. The monoisotopic (exact) mass is 237 g/mol. The van der Waals surface area contributed by atoms with Crippen molar-refractivity contribution in [1.29, 1.82) is 0 Å². The van der Waals surface area contributed by atoms with Gasteiger partial charge in [-0.05, 0) is 29.7 Å². The molecule has 1 heterocycles. The van der Waals surface area contributed by atoms with E-state index in [0.717, 1.165) is 23.0 Å². The largest absolute Gasteiger partial charge is 0.464 e. The molecule has 2 N–H and O–H groups in total. The molecule has 90 valence electrons. The van der Waals surface area contributed by atoms with Gasteiger partial charge >= 0.3 is 0 Å². The molecule has 2 heteroatoms. The Morgan fingerprint density at radius 2 is 1.78 bits per heavy atom. The van der Waals surface area contributed by atoms with Crippen LogP contribution < -0.4 is 5.73 Å². The number of nitrogens with two attached hydrogens (primary N) is 1. The first-order valence-corrected chi connectivity index (χ1v) is 6.10. The highest BCUT2D eigenvalue weighted by Crippen LogP contribution is 2.23. The zero-order chi connectivity index (χ0) is 12.4. The van der Waals surface area contributed by atoms with E-state index in [4.69, 9.17) is 10.2 Å². The van der Waals surface area contributed by atoms with Crippen molar-refractivity contribution in [3.8, 4) is 0 Å². The van der Waals surface area contributed by atoms with E-state index in [0.29, 0.717) is 6.54 Å². The van der Waals surface area contributed by atoms with E-state index in [1.807, 2.05) is 12.1 Å². The summed E-state index contributed by atoms with van der Waals surface area (Å²) in [4.78, 5) is 0. The maximum Gasteiger partial charge on any atom is 0.134 e. The summed E-state index contributed by atoms with van der Waals surface area (Å²) in [6.07, 6.45) is 2.68. The van der Waals surface area contributed by atoms with Gasteiger partial charge in [0.15, 0.2) is 0 Å². The first kappa shape index (κ1) is 11.1. The molecule has 0 amide bonds. The fourth-order valence-electron chi connectivity index (χ4n) is 2.23. The Kier molecular flexibility index (Phi) is 2.87. The Morgan fingerprint density at radius 3 is 2.56 bits per heavy atom. The van der Waals surface area contributed by atoms with Gasteiger partial charge < -0.3 is 10.2 Å². The van der Waals surface area contributed by atoms with E-state index in [-0.39, 0.29) is 0 Å². The van der Waals surface area contributed by atoms with Gasteiger partial charge in [0.2, 0.25) is 0 Å². The molecule has 0 aliphatic carbocycles. The van der Waals surface area contributed by atoms with E-state index in [9.17, 15) is 0 Å². The molecule has 0 radical (unpaired) electrons. The third-order valence-corrected chi connectivity index (χ3v) is 3.19. The lowest BCUT2D eigenvalue weighted by atomic mass is 10.0. The Bertz CT molecular complexity index is 655. The van der Waals surface area contributed by atoms with Gasteiger partial charge in [-0.1, -0.05) is 36.4 Å². The summed E-state index contributed by atoms with van der Waals surface area (Å²) < 4.78 is 5.47. The van der Waals surface area contributed by atoms with Crippen molar-refractivity contribution in [1.82, 2.24) is 0 Å². The highest BCUT2D eigenvalue weighted by Gasteiger charge is 2.05. The highest BCUT2D eigenvalue weighted by atomic mass is 16.3. The molecule has 1 aromatic heterocycles. The topological polar surface area (TPSA) is 39.2 Å². The van der Waals surface area contributed by atoms with Crippen LogP contribution in [0, 0.1) is 0 Å². The lowest BCUT2D eigenvalue weighted by Crippen LogP contribution is -1.94. The standard InChI is InChI=1S/C16H15NO/c17-10-14-11-18-16-7-6-13(9-15(14)16)8-12-4-2-1-3-5-12/h1-7,9,11H,8,10,17H2. The molecular formula is C16H15NO. The second-order valence-electron chi connectivity index (χ2n) is 4.46. The Morgan fingerprint density at radius 1 is 0.944 bits per heavy atom. The molecule has 0 bridgehead atoms. The predicted octanol–water partition coefficient (Wildman–Crippen LogP) is 3.48. The minimum absolute atomic E-state index is 0.516. The lowest BCUT2D eigenvalue weighted by Gasteiger charge is -2.02. The molecule has 0 aliphatic heterocycles. The molecular weight excluding hydrogens is 222 g/mol. The third kappa shape index (κ3) is 2.03. The minimum Gasteiger partial charge on any atom is -0.464 e. The summed E-state index contributed by atoms with van der Waals surface area (Å²) in [5.74, 6) is 0. The lowest BCUT2D eigenvalue weighted by molar-refractivity contribution is 0.610. The second kappa shape index (κ2) is 4.67. The van der Waals surface area contributed by atoms with Crippen LogP contribution in [0.2, 0.25) is 0 Å². The number of benzene rings is 2. The van der Waals surface area contributed by atoms with Gasteiger partial charge in [-0.2, -0.15) is 0 Å². The minimum atomic E-state index is 0.516. The average molecular weight is 237 g/mol. The van der Waals surface area contributed by atoms with Crippen LogP contribution >= 0.6 is 0 Å². The summed E-state index contributed by atoms with van der Waals surface area (Å²) in [5, 5.41) is 1.13. The van der Waals surface area contributed by atoms with Gasteiger partial charge in [0.05, 0.1) is 6.26 Å². The van der Waals surface area contributed by atoms with Gasteiger partial charge in [-0.15, -0.1) is 0 Å². The smallest absolute Gasteiger partial charge is 0.134 e. The molecule has 2 aromatic carbocycles. The summed E-state index contributed by atoms with van der Waals surface area (Å²) in [7, 11) is 0. The summed E-state index contributed by atoms with van der Waals surface area (Å²) in [6, 6.07) is 16.8. The Balaban J connectivity index is 1.97. The van der Waals surface area contributed by atoms with Crippen LogP contribution in [0.5, 0.6) is 0 Å². The number of hydrogen-bond donors (Lipinski definition) is 1. The van der Waals surface area contributed by atoms with Crippen LogP contribution in [0.1, 0.15) is 16.7 Å². The van der Waals surface area contributed by atoms with E-state index in [1.165, 1.54) is 11.1 Å². The predicted molar refractivity (Wildman–Crippen MR) is 73.4 cm³/mol. The summed E-state index contributed by atoms with van der Waals surface area (Å²) in [6.45, 7) is 0.516. The third-order valence-electron chi connectivity index (χ3n) is 3.19. The second-order valence-corrected chi connectivity index (χ2v) is 4.46. The molecule has 3 rings (SSSR count). The zero-order valence-electron chi connectivity index (χ0n) is 10.1. The number of rotatable bonds is 3. The van der Waals surface area contributed by atoms with Crippen LogP contribution in [0.15, 0.2) is 59.2 Å². The van der Waals surface area contributed by atoms with Crippen LogP contribution in [-0.4, -0.2) is 0 Å². The van der Waals surface area contributed by atoms with Crippen LogP contribution in [0.25, 0.3) is 11.0 Å². The van der Waals surface area contributed by atoms with Gasteiger partial charge in [0.1, 0.15) is 5.58 Å². The quantitative estimate of drug-likeness (QED) is 0.757. The van der Waals surface area contributed by atoms with Crippen molar-refractivity contribution in [3.63, 3.8) is 0 Å². The SMILES string of the molecule is NCc1coc2ccc(Cc3ccccc3)cc12. The van der Waals surface area contributed by atoms with Crippen molar-refractivity contribution in [2.45, 2.75) is 13.0 Å². The maximum absolute atomic E-state index is 5.70. The van der Waals surface area contributed by atoms with Crippen molar-refractivity contribution < 1.29 is 4.42 Å². The maximum atomic E-state index is 5.70. The van der Waals surface area contributed by atoms with Crippen LogP contribution in [-0.2, 0) is 13.0 Å². The Labute approximate surface area is 106 Å². The number of furan rings is 1. The molecule has 0 aliphatic rings. The van der Waals surface area contributed by atoms with Gasteiger partial charge in [-0.3, -0.25) is 0 Å². The molecule has 0 unspecified atom stereocenters. The number of hydrogen-bond acceptors (Lipinski definition) is 2. The van der Waals surface area contributed by atoms with Crippen molar-refractivity contribution in [2.75, 3.05) is 0 Å². The van der Waals surface area contributed by atoms with Crippen LogP contribution in [0.4, 0.5) is 0 Å². The van der Waals surface area contributed by atoms with Crippen molar-refractivity contribution in [2.24, 2.45) is 5.73 Å². The molecule has 18 heavy (non-hydrogen) atoms. The first-order valence-electron chi connectivity index (χ1n) is 6.10. The van der Waals surface area contributed by atoms with E-state index in [2.05, 4.69) is 36.4 Å². The summed E-state index contributed by atoms with van der Waals surface area (Å²) in [5.41, 5.74) is 10.3.